The lowest BCUT2D eigenvalue weighted by atomic mass is 9.88. The van der Waals surface area contributed by atoms with Crippen LogP contribution in [-0.4, -0.2) is 59.7 Å². The number of piperidine rings is 1. The molecule has 2 aromatic rings. The van der Waals surface area contributed by atoms with Crippen molar-refractivity contribution < 1.29 is 14.4 Å². The molecule has 6 heteroatoms. The summed E-state index contributed by atoms with van der Waals surface area (Å²) in [5.41, 5.74) is 2.68. The second-order valence-corrected chi connectivity index (χ2v) is 8.72. The minimum absolute atomic E-state index is 0.102. The Balaban J connectivity index is 1.25. The van der Waals surface area contributed by atoms with Gasteiger partial charge in [-0.15, -0.1) is 0 Å². The van der Waals surface area contributed by atoms with Crippen molar-refractivity contribution in [3.8, 4) is 0 Å². The topological polar surface area (TPSA) is 69.7 Å². The van der Waals surface area contributed by atoms with Gasteiger partial charge in [-0.05, 0) is 36.9 Å². The van der Waals surface area contributed by atoms with Crippen LogP contribution in [0.5, 0.6) is 0 Å². The maximum atomic E-state index is 12.3. The van der Waals surface area contributed by atoms with Crippen LogP contribution in [0.15, 0.2) is 60.7 Å². The van der Waals surface area contributed by atoms with Crippen LogP contribution < -0.4 is 5.32 Å². The van der Waals surface area contributed by atoms with E-state index in [1.54, 1.807) is 0 Å². The van der Waals surface area contributed by atoms with Crippen molar-refractivity contribution in [1.82, 2.24) is 15.1 Å². The Morgan fingerprint density at radius 2 is 1.41 bits per heavy atom. The molecule has 0 spiro atoms. The number of nitrogens with one attached hydrogen (secondary N) is 1. The highest BCUT2D eigenvalue weighted by atomic mass is 16.2. The number of carbonyl (C=O) groups is 3. The predicted octanol–water partition coefficient (Wildman–Crippen LogP) is 2.94. The van der Waals surface area contributed by atoms with Gasteiger partial charge in [-0.3, -0.25) is 19.3 Å². The van der Waals surface area contributed by atoms with Gasteiger partial charge in [0.1, 0.15) is 6.54 Å². The molecule has 3 amide bonds. The van der Waals surface area contributed by atoms with E-state index in [4.69, 9.17) is 0 Å². The number of hydrogen-bond acceptors (Lipinski definition) is 4. The molecule has 4 rings (SSSR count). The van der Waals surface area contributed by atoms with Gasteiger partial charge in [-0.1, -0.05) is 60.7 Å². The van der Waals surface area contributed by atoms with Gasteiger partial charge in [0.25, 0.3) is 0 Å². The Kier molecular flexibility index (Phi) is 7.32. The number of nitrogens with zero attached hydrogens (tertiary/aromatic N) is 2. The van der Waals surface area contributed by atoms with Crippen LogP contribution in [0.25, 0.3) is 0 Å². The zero-order valence-corrected chi connectivity index (χ0v) is 18.4. The Morgan fingerprint density at radius 3 is 1.94 bits per heavy atom. The van der Waals surface area contributed by atoms with Crippen LogP contribution in [0.2, 0.25) is 0 Å². The smallest absolute Gasteiger partial charge is 0.240 e. The van der Waals surface area contributed by atoms with Gasteiger partial charge < -0.3 is 10.2 Å². The molecular weight excluding hydrogens is 402 g/mol. The standard InChI is InChI=1S/C26H31N3O3/c30-24(19-29-25(31)11-12-26(29)32)27-22-13-16-28(17-14-22)18-15-23(20-7-3-1-4-8-20)21-9-5-2-6-10-21/h1-10,22-23H,11-19H2,(H,27,30). The third-order valence-electron chi connectivity index (χ3n) is 6.55. The molecule has 0 unspecified atom stereocenters. The number of likely N-dealkylation sites (tertiary alicyclic amines) is 2. The number of benzene rings is 2. The highest BCUT2D eigenvalue weighted by molar-refractivity contribution is 6.04. The lowest BCUT2D eigenvalue weighted by Gasteiger charge is -2.33. The summed E-state index contributed by atoms with van der Waals surface area (Å²) in [5, 5.41) is 3.01. The highest BCUT2D eigenvalue weighted by Gasteiger charge is 2.31. The van der Waals surface area contributed by atoms with E-state index >= 15 is 0 Å². The average Bonchev–Trinajstić information content (AvgIpc) is 3.14. The van der Waals surface area contributed by atoms with Gasteiger partial charge in [0.2, 0.25) is 17.7 Å². The summed E-state index contributed by atoms with van der Waals surface area (Å²) in [6.07, 6.45) is 3.25. The van der Waals surface area contributed by atoms with E-state index in [0.29, 0.717) is 5.92 Å². The van der Waals surface area contributed by atoms with Gasteiger partial charge in [0, 0.05) is 37.9 Å². The fourth-order valence-corrected chi connectivity index (χ4v) is 4.73. The van der Waals surface area contributed by atoms with E-state index < -0.39 is 0 Å². The number of carbonyl (C=O) groups excluding carboxylic acids is 3. The number of hydrogen-bond donors (Lipinski definition) is 1. The number of rotatable bonds is 8. The van der Waals surface area contributed by atoms with E-state index in [9.17, 15) is 14.4 Å². The van der Waals surface area contributed by atoms with Gasteiger partial charge >= 0.3 is 0 Å². The minimum atomic E-state index is -0.244. The van der Waals surface area contributed by atoms with Gasteiger partial charge in [0.15, 0.2) is 0 Å². The monoisotopic (exact) mass is 433 g/mol. The fourth-order valence-electron chi connectivity index (χ4n) is 4.73. The lowest BCUT2D eigenvalue weighted by molar-refractivity contribution is -0.142. The zero-order chi connectivity index (χ0) is 22.3. The second-order valence-electron chi connectivity index (χ2n) is 8.72. The fraction of sp³-hybridized carbons (Fsp3) is 0.423. The highest BCUT2D eigenvalue weighted by Crippen LogP contribution is 2.28. The third-order valence-corrected chi connectivity index (χ3v) is 6.55. The molecule has 0 radical (unpaired) electrons. The molecule has 0 saturated carbocycles. The number of imide groups is 1. The molecule has 1 N–H and O–H groups in total. The maximum absolute atomic E-state index is 12.3. The predicted molar refractivity (Wildman–Crippen MR) is 123 cm³/mol. The lowest BCUT2D eigenvalue weighted by Crippen LogP contribution is -2.48. The van der Waals surface area contributed by atoms with Crippen molar-refractivity contribution in [3.63, 3.8) is 0 Å². The van der Waals surface area contributed by atoms with Crippen molar-refractivity contribution in [2.45, 2.75) is 44.1 Å². The molecule has 2 heterocycles. The first-order chi connectivity index (χ1) is 15.6. The van der Waals surface area contributed by atoms with E-state index in [0.717, 1.165) is 43.8 Å². The summed E-state index contributed by atoms with van der Waals surface area (Å²) in [4.78, 5) is 39.3. The van der Waals surface area contributed by atoms with Crippen molar-refractivity contribution in [1.29, 1.82) is 0 Å². The molecule has 0 aliphatic carbocycles. The minimum Gasteiger partial charge on any atom is -0.352 e. The third kappa shape index (κ3) is 5.62. The van der Waals surface area contributed by atoms with Crippen molar-refractivity contribution in [3.05, 3.63) is 71.8 Å². The normalized spacial score (nSPS) is 17.8. The van der Waals surface area contributed by atoms with Gasteiger partial charge in [-0.2, -0.15) is 0 Å². The summed E-state index contributed by atoms with van der Waals surface area (Å²) in [6, 6.07) is 21.4. The Labute approximate surface area is 189 Å². The van der Waals surface area contributed by atoms with E-state index in [1.165, 1.54) is 11.1 Å². The van der Waals surface area contributed by atoms with Crippen LogP contribution in [0.3, 0.4) is 0 Å². The molecule has 0 atom stereocenters. The SMILES string of the molecule is O=C(CN1C(=O)CCC1=O)NC1CCN(CCC(c2ccccc2)c2ccccc2)CC1. The summed E-state index contributed by atoms with van der Waals surface area (Å²) in [6.45, 7) is 2.73. The van der Waals surface area contributed by atoms with E-state index in [2.05, 4.69) is 70.9 Å². The number of amides is 3. The van der Waals surface area contributed by atoms with Crippen LogP contribution in [0.1, 0.15) is 49.1 Å². The first-order valence-corrected chi connectivity index (χ1v) is 11.5. The molecule has 2 aliphatic rings. The molecule has 0 bridgehead atoms. The van der Waals surface area contributed by atoms with Crippen LogP contribution in [0, 0.1) is 0 Å². The van der Waals surface area contributed by atoms with Crippen molar-refractivity contribution in [2.75, 3.05) is 26.2 Å². The van der Waals surface area contributed by atoms with Crippen molar-refractivity contribution >= 4 is 17.7 Å². The Hall–Kier alpha value is -2.99. The van der Waals surface area contributed by atoms with Gasteiger partial charge in [0.05, 0.1) is 0 Å². The first kappa shape index (κ1) is 22.2. The molecule has 2 aromatic carbocycles. The molecular formula is C26H31N3O3. The Bertz CT molecular complexity index is 868. The van der Waals surface area contributed by atoms with Crippen molar-refractivity contribution in [2.24, 2.45) is 0 Å². The maximum Gasteiger partial charge on any atom is 0.240 e. The molecule has 2 aliphatic heterocycles. The molecule has 2 fully saturated rings. The van der Waals surface area contributed by atoms with Crippen LogP contribution >= 0.6 is 0 Å². The zero-order valence-electron chi connectivity index (χ0n) is 18.4. The quantitative estimate of drug-likeness (QED) is 0.650. The summed E-state index contributed by atoms with van der Waals surface area (Å²) in [7, 11) is 0. The van der Waals surface area contributed by atoms with E-state index in [-0.39, 0.29) is 43.1 Å². The largest absolute Gasteiger partial charge is 0.352 e. The Morgan fingerprint density at radius 1 is 0.875 bits per heavy atom. The van der Waals surface area contributed by atoms with E-state index in [1.807, 2.05) is 0 Å². The first-order valence-electron chi connectivity index (χ1n) is 11.5. The second kappa shape index (κ2) is 10.6. The molecule has 0 aromatic heterocycles. The summed E-state index contributed by atoms with van der Waals surface area (Å²) < 4.78 is 0. The molecule has 32 heavy (non-hydrogen) atoms. The summed E-state index contributed by atoms with van der Waals surface area (Å²) in [5.74, 6) is -0.358. The molecule has 6 nitrogen and oxygen atoms in total. The van der Waals surface area contributed by atoms with Crippen LogP contribution in [0.4, 0.5) is 0 Å². The van der Waals surface area contributed by atoms with Gasteiger partial charge in [-0.25, -0.2) is 0 Å². The summed E-state index contributed by atoms with van der Waals surface area (Å²) >= 11 is 0. The van der Waals surface area contributed by atoms with Crippen LogP contribution in [-0.2, 0) is 14.4 Å². The molecule has 2 saturated heterocycles. The molecule has 168 valence electrons. The average molecular weight is 434 g/mol.